The molecule has 0 saturated heterocycles. The van der Waals surface area contributed by atoms with Crippen LogP contribution in [-0.4, -0.2) is 5.67 Å². The summed E-state index contributed by atoms with van der Waals surface area (Å²) < 4.78 is 13.3. The smallest absolute Gasteiger partial charge is 0.108 e. The van der Waals surface area contributed by atoms with Crippen LogP contribution in [0.4, 0.5) is 4.39 Å². The fraction of sp³-hybridized carbons (Fsp3) is 0.667. The van der Waals surface area contributed by atoms with Gasteiger partial charge in [-0.15, -0.1) is 6.58 Å². The van der Waals surface area contributed by atoms with Crippen molar-refractivity contribution in [3.05, 3.63) is 24.8 Å². The first-order valence-electron chi connectivity index (χ1n) is 4.91. The lowest BCUT2D eigenvalue weighted by molar-refractivity contribution is 0.00348. The molecule has 0 aromatic heterocycles. The monoisotopic (exact) mass is 182 g/mol. The van der Waals surface area contributed by atoms with Crippen LogP contribution in [0.25, 0.3) is 0 Å². The van der Waals surface area contributed by atoms with E-state index < -0.39 is 5.67 Å². The average Bonchev–Trinajstić information content (AvgIpc) is 1.95. The van der Waals surface area contributed by atoms with Gasteiger partial charge in [-0.2, -0.15) is 0 Å². The van der Waals surface area contributed by atoms with Crippen molar-refractivity contribution in [2.24, 2.45) is 11.8 Å². The molecule has 0 amide bonds. The van der Waals surface area contributed by atoms with Crippen molar-refractivity contribution < 1.29 is 4.39 Å². The highest BCUT2D eigenvalue weighted by molar-refractivity contribution is 5.07. The quantitative estimate of drug-likeness (QED) is 0.578. The summed E-state index contributed by atoms with van der Waals surface area (Å²) in [4.78, 5) is 0. The van der Waals surface area contributed by atoms with Crippen molar-refractivity contribution in [1.29, 1.82) is 0 Å². The van der Waals surface area contributed by atoms with E-state index in [0.717, 1.165) is 6.42 Å². The summed E-state index contributed by atoms with van der Waals surface area (Å²) in [5, 5.41) is 0. The van der Waals surface area contributed by atoms with Crippen molar-refractivity contribution >= 4 is 0 Å². The molecule has 13 heavy (non-hydrogen) atoms. The van der Waals surface area contributed by atoms with Gasteiger partial charge < -0.3 is 0 Å². The molecule has 0 radical (unpaired) electrons. The fourth-order valence-corrected chi connectivity index (χ4v) is 2.29. The molecular weight excluding hydrogens is 163 g/mol. The van der Waals surface area contributed by atoms with Crippen LogP contribution in [0.1, 0.15) is 33.1 Å². The standard InChI is InChI=1S/C12H19F/c1-5-6-11(9(2)3)10-7-12(4,13)8-10/h5,10-11H,1-2,6-8H2,3-4H3. The second kappa shape index (κ2) is 3.65. The largest absolute Gasteiger partial charge is 0.244 e. The lowest BCUT2D eigenvalue weighted by Gasteiger charge is -2.43. The minimum Gasteiger partial charge on any atom is -0.244 e. The molecule has 0 spiro atoms. The second-order valence-corrected chi connectivity index (χ2v) is 4.56. The van der Waals surface area contributed by atoms with E-state index in [4.69, 9.17) is 0 Å². The van der Waals surface area contributed by atoms with Crippen LogP contribution in [0, 0.1) is 11.8 Å². The molecule has 0 aromatic carbocycles. The zero-order valence-corrected chi connectivity index (χ0v) is 8.65. The molecule has 1 saturated carbocycles. The molecule has 0 nitrogen and oxygen atoms in total. The Bertz CT molecular complexity index is 207. The number of hydrogen-bond acceptors (Lipinski definition) is 0. The highest BCUT2D eigenvalue weighted by atomic mass is 19.1. The Kier molecular flexibility index (Phi) is 2.94. The third kappa shape index (κ3) is 2.43. The zero-order chi connectivity index (χ0) is 10.1. The van der Waals surface area contributed by atoms with Gasteiger partial charge in [0, 0.05) is 0 Å². The van der Waals surface area contributed by atoms with Gasteiger partial charge in [0.25, 0.3) is 0 Å². The van der Waals surface area contributed by atoms with Gasteiger partial charge in [-0.25, -0.2) is 4.39 Å². The van der Waals surface area contributed by atoms with E-state index in [1.54, 1.807) is 6.92 Å². The number of alkyl halides is 1. The van der Waals surface area contributed by atoms with Gasteiger partial charge in [0.05, 0.1) is 0 Å². The van der Waals surface area contributed by atoms with Crippen LogP contribution < -0.4 is 0 Å². The molecule has 0 aromatic rings. The molecule has 1 unspecified atom stereocenters. The molecule has 0 aliphatic heterocycles. The third-order valence-electron chi connectivity index (χ3n) is 3.00. The van der Waals surface area contributed by atoms with Gasteiger partial charge in [-0.3, -0.25) is 0 Å². The number of allylic oxidation sites excluding steroid dienone is 2. The minimum absolute atomic E-state index is 0.446. The molecule has 0 heterocycles. The molecular formula is C12H19F. The van der Waals surface area contributed by atoms with Gasteiger partial charge in [-0.05, 0) is 44.9 Å². The first-order chi connectivity index (χ1) is 5.96. The Morgan fingerprint density at radius 2 is 2.23 bits per heavy atom. The highest BCUT2D eigenvalue weighted by Crippen LogP contribution is 2.47. The molecule has 0 bridgehead atoms. The van der Waals surface area contributed by atoms with Crippen LogP contribution in [0.5, 0.6) is 0 Å². The van der Waals surface area contributed by atoms with Crippen LogP contribution in [-0.2, 0) is 0 Å². The maximum absolute atomic E-state index is 13.3. The van der Waals surface area contributed by atoms with Gasteiger partial charge in [0.2, 0.25) is 0 Å². The summed E-state index contributed by atoms with van der Waals surface area (Å²) in [6, 6.07) is 0. The first kappa shape index (κ1) is 10.5. The Morgan fingerprint density at radius 3 is 2.54 bits per heavy atom. The lowest BCUT2D eigenvalue weighted by atomic mass is 9.65. The summed E-state index contributed by atoms with van der Waals surface area (Å²) in [7, 11) is 0. The summed E-state index contributed by atoms with van der Waals surface area (Å²) in [5.74, 6) is 0.937. The van der Waals surface area contributed by atoms with E-state index in [1.807, 2.05) is 13.0 Å². The van der Waals surface area contributed by atoms with E-state index in [-0.39, 0.29) is 0 Å². The SMILES string of the molecule is C=CCC(C(=C)C)C1CC(C)(F)C1. The van der Waals surface area contributed by atoms with Gasteiger partial charge in [-0.1, -0.05) is 18.2 Å². The molecule has 74 valence electrons. The normalized spacial score (nSPS) is 34.8. The number of hydrogen-bond donors (Lipinski definition) is 0. The third-order valence-corrected chi connectivity index (χ3v) is 3.00. The average molecular weight is 182 g/mol. The zero-order valence-electron chi connectivity index (χ0n) is 8.65. The van der Waals surface area contributed by atoms with E-state index in [0.29, 0.717) is 24.7 Å². The van der Waals surface area contributed by atoms with Crippen molar-refractivity contribution in [2.45, 2.75) is 38.8 Å². The van der Waals surface area contributed by atoms with Crippen molar-refractivity contribution in [3.63, 3.8) is 0 Å². The summed E-state index contributed by atoms with van der Waals surface area (Å²) >= 11 is 0. The lowest BCUT2D eigenvalue weighted by Crippen LogP contribution is -2.40. The fourth-order valence-electron chi connectivity index (χ4n) is 2.29. The van der Waals surface area contributed by atoms with Gasteiger partial charge >= 0.3 is 0 Å². The molecule has 1 heteroatoms. The predicted molar refractivity (Wildman–Crippen MR) is 55.4 cm³/mol. The van der Waals surface area contributed by atoms with Gasteiger partial charge in [0.1, 0.15) is 5.67 Å². The van der Waals surface area contributed by atoms with Gasteiger partial charge in [0.15, 0.2) is 0 Å². The number of halogens is 1. The van der Waals surface area contributed by atoms with Crippen molar-refractivity contribution in [2.75, 3.05) is 0 Å². The topological polar surface area (TPSA) is 0 Å². The highest BCUT2D eigenvalue weighted by Gasteiger charge is 2.43. The Morgan fingerprint density at radius 1 is 1.69 bits per heavy atom. The van der Waals surface area contributed by atoms with E-state index in [9.17, 15) is 4.39 Å². The molecule has 1 rings (SSSR count). The molecule has 1 aliphatic rings. The van der Waals surface area contributed by atoms with E-state index in [1.165, 1.54) is 5.57 Å². The summed E-state index contributed by atoms with van der Waals surface area (Å²) in [6.45, 7) is 11.4. The Labute approximate surface area is 80.5 Å². The van der Waals surface area contributed by atoms with Crippen LogP contribution in [0.2, 0.25) is 0 Å². The van der Waals surface area contributed by atoms with Crippen molar-refractivity contribution in [3.8, 4) is 0 Å². The van der Waals surface area contributed by atoms with Crippen LogP contribution in [0.15, 0.2) is 24.8 Å². The maximum Gasteiger partial charge on any atom is 0.108 e. The van der Waals surface area contributed by atoms with E-state index >= 15 is 0 Å². The van der Waals surface area contributed by atoms with Crippen molar-refractivity contribution in [1.82, 2.24) is 0 Å². The first-order valence-corrected chi connectivity index (χ1v) is 4.91. The van der Waals surface area contributed by atoms with Crippen LogP contribution in [0.3, 0.4) is 0 Å². The summed E-state index contributed by atoms with van der Waals surface area (Å²) in [5.41, 5.74) is 0.250. The molecule has 0 N–H and O–H groups in total. The van der Waals surface area contributed by atoms with Crippen LogP contribution >= 0.6 is 0 Å². The maximum atomic E-state index is 13.3. The molecule has 1 fully saturated rings. The van der Waals surface area contributed by atoms with E-state index in [2.05, 4.69) is 13.2 Å². The Balaban J connectivity index is 2.49. The molecule has 1 atom stereocenters. The second-order valence-electron chi connectivity index (χ2n) is 4.56. The Hall–Kier alpha value is -0.590. The number of rotatable bonds is 4. The minimum atomic E-state index is -0.917. The predicted octanol–water partition coefficient (Wildman–Crippen LogP) is 3.89. The molecule has 1 aliphatic carbocycles. The summed E-state index contributed by atoms with van der Waals surface area (Å²) in [6.07, 6.45) is 4.24.